The number of hydrogen-bond acceptors (Lipinski definition) is 6. The minimum absolute atomic E-state index is 0.311. The van der Waals surface area contributed by atoms with Crippen LogP contribution in [0.15, 0.2) is 57.9 Å². The Morgan fingerprint density at radius 2 is 1.77 bits per heavy atom. The molecule has 0 unspecified atom stereocenters. The van der Waals surface area contributed by atoms with Gasteiger partial charge in [-0.05, 0) is 37.1 Å². The molecule has 0 bridgehead atoms. The van der Waals surface area contributed by atoms with Crippen LogP contribution in [0.5, 0.6) is 17.2 Å². The van der Waals surface area contributed by atoms with Crippen LogP contribution in [0, 0.1) is 0 Å². The van der Waals surface area contributed by atoms with Crippen LogP contribution in [-0.4, -0.2) is 26.2 Å². The standard InChI is InChI=1S/C19H17N3O3S/c23-16-9-8-13(17(24)18(16)25)10-20-22-15(12-6-7-12)11-26-19(22)21-14-4-2-1-3-5-14/h1-5,8-12,23-25H,6-7H2/b20-10+,21-19-. The monoisotopic (exact) mass is 367 g/mol. The lowest BCUT2D eigenvalue weighted by atomic mass is 10.2. The molecule has 3 aromatic rings. The molecule has 132 valence electrons. The number of nitrogens with zero attached hydrogens (tertiary/aromatic N) is 3. The summed E-state index contributed by atoms with van der Waals surface area (Å²) in [6, 6.07) is 12.5. The van der Waals surface area contributed by atoms with E-state index in [1.165, 1.54) is 29.7 Å². The van der Waals surface area contributed by atoms with Crippen LogP contribution < -0.4 is 4.80 Å². The molecule has 0 radical (unpaired) electrons. The van der Waals surface area contributed by atoms with Gasteiger partial charge >= 0.3 is 0 Å². The van der Waals surface area contributed by atoms with Gasteiger partial charge in [0.2, 0.25) is 10.6 Å². The number of rotatable bonds is 4. The summed E-state index contributed by atoms with van der Waals surface area (Å²) in [7, 11) is 0. The average Bonchev–Trinajstić information content (AvgIpc) is 3.42. The normalized spacial score (nSPS) is 15.0. The summed E-state index contributed by atoms with van der Waals surface area (Å²) >= 11 is 1.51. The zero-order valence-corrected chi connectivity index (χ0v) is 14.6. The van der Waals surface area contributed by atoms with Gasteiger partial charge in [-0.3, -0.25) is 0 Å². The van der Waals surface area contributed by atoms with Gasteiger partial charge < -0.3 is 15.3 Å². The van der Waals surface area contributed by atoms with Crippen LogP contribution in [0.3, 0.4) is 0 Å². The van der Waals surface area contributed by atoms with E-state index in [-0.39, 0.29) is 5.75 Å². The third-order valence-electron chi connectivity index (χ3n) is 4.16. The molecule has 1 aliphatic rings. The molecule has 2 aromatic carbocycles. The second-order valence-electron chi connectivity index (χ2n) is 6.09. The summed E-state index contributed by atoms with van der Waals surface area (Å²) in [5.74, 6) is -0.855. The fourth-order valence-corrected chi connectivity index (χ4v) is 3.51. The van der Waals surface area contributed by atoms with E-state index in [2.05, 4.69) is 15.5 Å². The van der Waals surface area contributed by atoms with Crippen LogP contribution in [-0.2, 0) is 0 Å². The molecule has 0 atom stereocenters. The SMILES string of the molecule is Oc1ccc(/C=N/n2c(C3CC3)cs/c2=N\c2ccccc2)c(O)c1O. The Bertz CT molecular complexity index is 1030. The maximum atomic E-state index is 9.97. The van der Waals surface area contributed by atoms with Crippen molar-refractivity contribution in [1.29, 1.82) is 0 Å². The number of benzene rings is 2. The van der Waals surface area contributed by atoms with Gasteiger partial charge in [0, 0.05) is 16.9 Å². The summed E-state index contributed by atoms with van der Waals surface area (Å²) in [6.45, 7) is 0. The number of hydrogen-bond donors (Lipinski definition) is 3. The molecular formula is C19H17N3O3S. The number of para-hydroxylation sites is 1. The highest BCUT2D eigenvalue weighted by Gasteiger charge is 2.27. The van der Waals surface area contributed by atoms with Crippen molar-refractivity contribution in [2.75, 3.05) is 0 Å². The van der Waals surface area contributed by atoms with Crippen LogP contribution in [0.1, 0.15) is 30.0 Å². The Morgan fingerprint density at radius 3 is 2.50 bits per heavy atom. The topological polar surface area (TPSA) is 90.3 Å². The Kier molecular flexibility index (Phi) is 4.22. The lowest BCUT2D eigenvalue weighted by Crippen LogP contribution is -2.12. The zero-order valence-electron chi connectivity index (χ0n) is 13.8. The van der Waals surface area contributed by atoms with Gasteiger partial charge in [0.1, 0.15) is 0 Å². The molecule has 1 aromatic heterocycles. The molecule has 7 heteroatoms. The van der Waals surface area contributed by atoms with Crippen molar-refractivity contribution in [3.63, 3.8) is 0 Å². The lowest BCUT2D eigenvalue weighted by Gasteiger charge is -2.04. The van der Waals surface area contributed by atoms with E-state index in [4.69, 9.17) is 0 Å². The van der Waals surface area contributed by atoms with Gasteiger partial charge in [-0.15, -0.1) is 11.3 Å². The fraction of sp³-hybridized carbons (Fsp3) is 0.158. The van der Waals surface area contributed by atoms with Crippen LogP contribution in [0.25, 0.3) is 0 Å². The van der Waals surface area contributed by atoms with Crippen molar-refractivity contribution in [3.8, 4) is 17.2 Å². The molecule has 0 saturated heterocycles. The maximum Gasteiger partial charge on any atom is 0.211 e. The summed E-state index contributed by atoms with van der Waals surface area (Å²) in [5, 5.41) is 35.6. The van der Waals surface area contributed by atoms with Gasteiger partial charge in [-0.1, -0.05) is 18.2 Å². The minimum Gasteiger partial charge on any atom is -0.504 e. The van der Waals surface area contributed by atoms with Crippen molar-refractivity contribution in [1.82, 2.24) is 4.68 Å². The van der Waals surface area contributed by atoms with Gasteiger partial charge in [0.25, 0.3) is 0 Å². The number of phenolic OH excluding ortho intramolecular Hbond substituents is 3. The largest absolute Gasteiger partial charge is 0.504 e. The third kappa shape index (κ3) is 3.21. The molecule has 1 aliphatic carbocycles. The highest BCUT2D eigenvalue weighted by Crippen LogP contribution is 2.40. The highest BCUT2D eigenvalue weighted by molar-refractivity contribution is 7.07. The third-order valence-corrected chi connectivity index (χ3v) is 5.00. The van der Waals surface area contributed by atoms with Crippen molar-refractivity contribution in [2.45, 2.75) is 18.8 Å². The average molecular weight is 367 g/mol. The second kappa shape index (κ2) is 6.68. The molecule has 1 heterocycles. The molecule has 0 aliphatic heterocycles. The fourth-order valence-electron chi connectivity index (χ4n) is 2.58. The molecule has 6 nitrogen and oxygen atoms in total. The molecule has 1 fully saturated rings. The summed E-state index contributed by atoms with van der Waals surface area (Å²) in [4.78, 5) is 5.39. The predicted molar refractivity (Wildman–Crippen MR) is 100 cm³/mol. The maximum absolute atomic E-state index is 9.97. The van der Waals surface area contributed by atoms with Gasteiger partial charge in [0.15, 0.2) is 11.5 Å². The van der Waals surface area contributed by atoms with Crippen molar-refractivity contribution < 1.29 is 15.3 Å². The molecule has 26 heavy (non-hydrogen) atoms. The first kappa shape index (κ1) is 16.4. The van der Waals surface area contributed by atoms with Crippen LogP contribution in [0.2, 0.25) is 0 Å². The van der Waals surface area contributed by atoms with E-state index in [1.54, 1.807) is 4.68 Å². The van der Waals surface area contributed by atoms with E-state index >= 15 is 0 Å². The van der Waals surface area contributed by atoms with E-state index < -0.39 is 11.5 Å². The first-order valence-corrected chi connectivity index (χ1v) is 9.10. The summed E-state index contributed by atoms with van der Waals surface area (Å²) in [5.41, 5.74) is 2.24. The highest BCUT2D eigenvalue weighted by atomic mass is 32.1. The predicted octanol–water partition coefficient (Wildman–Crippen LogP) is 3.66. The lowest BCUT2D eigenvalue weighted by molar-refractivity contribution is 0.367. The molecule has 0 spiro atoms. The summed E-state index contributed by atoms with van der Waals surface area (Å²) < 4.78 is 1.78. The van der Waals surface area contributed by atoms with E-state index in [0.29, 0.717) is 11.5 Å². The van der Waals surface area contributed by atoms with E-state index in [0.717, 1.165) is 29.0 Å². The summed E-state index contributed by atoms with van der Waals surface area (Å²) in [6.07, 6.45) is 3.71. The van der Waals surface area contributed by atoms with E-state index in [1.807, 2.05) is 30.3 Å². The second-order valence-corrected chi connectivity index (χ2v) is 6.93. The number of aromatic nitrogens is 1. The number of thiazole rings is 1. The zero-order chi connectivity index (χ0) is 18.1. The van der Waals surface area contributed by atoms with Gasteiger partial charge in [0.05, 0.1) is 17.6 Å². The Balaban J connectivity index is 1.77. The minimum atomic E-state index is -0.555. The Labute approximate surface area is 153 Å². The number of phenols is 3. The first-order chi connectivity index (χ1) is 12.6. The molecule has 1 saturated carbocycles. The molecule has 3 N–H and O–H groups in total. The van der Waals surface area contributed by atoms with Gasteiger partial charge in [-0.25, -0.2) is 9.67 Å². The first-order valence-electron chi connectivity index (χ1n) is 8.22. The quantitative estimate of drug-likeness (QED) is 0.485. The van der Waals surface area contributed by atoms with Crippen LogP contribution >= 0.6 is 11.3 Å². The van der Waals surface area contributed by atoms with Crippen molar-refractivity contribution >= 4 is 23.2 Å². The Morgan fingerprint density at radius 1 is 1.00 bits per heavy atom. The van der Waals surface area contributed by atoms with E-state index in [9.17, 15) is 15.3 Å². The van der Waals surface area contributed by atoms with Gasteiger partial charge in [-0.2, -0.15) is 5.10 Å². The van der Waals surface area contributed by atoms with Crippen molar-refractivity contribution in [3.05, 3.63) is 63.9 Å². The Hall–Kier alpha value is -3.06. The van der Waals surface area contributed by atoms with Crippen LogP contribution in [0.4, 0.5) is 5.69 Å². The molecule has 4 rings (SSSR count). The smallest absolute Gasteiger partial charge is 0.211 e. The number of aromatic hydroxyl groups is 3. The molecular weight excluding hydrogens is 350 g/mol. The van der Waals surface area contributed by atoms with Crippen molar-refractivity contribution in [2.24, 2.45) is 10.1 Å². The molecule has 0 amide bonds.